The van der Waals surface area contributed by atoms with Gasteiger partial charge in [-0.15, -0.1) is 0 Å². The molecule has 0 N–H and O–H groups in total. The van der Waals surface area contributed by atoms with Gasteiger partial charge >= 0.3 is 0 Å². The van der Waals surface area contributed by atoms with Crippen LogP contribution < -0.4 is 5.19 Å². The zero-order valence-corrected chi connectivity index (χ0v) is 13.4. The number of nitrogens with zero attached hydrogens (tertiary/aromatic N) is 1. The first kappa shape index (κ1) is 14.7. The molecule has 0 atom stereocenters. The van der Waals surface area contributed by atoms with Crippen LogP contribution in [0.1, 0.15) is 12.0 Å². The Bertz CT molecular complexity index is 532. The average molecular weight is 281 g/mol. The average Bonchev–Trinajstić information content (AvgIpc) is 2.49. The van der Waals surface area contributed by atoms with Crippen molar-refractivity contribution in [3.8, 4) is 0 Å². The zero-order chi connectivity index (χ0) is 14.3. The van der Waals surface area contributed by atoms with Crippen molar-refractivity contribution in [2.24, 2.45) is 4.99 Å². The van der Waals surface area contributed by atoms with Gasteiger partial charge in [0.15, 0.2) is 0 Å². The summed E-state index contributed by atoms with van der Waals surface area (Å²) >= 11 is 0. The number of hydrogen-bond acceptors (Lipinski definition) is 1. The molecule has 0 amide bonds. The van der Waals surface area contributed by atoms with Crippen LogP contribution in [0.4, 0.5) is 0 Å². The number of aliphatic imine (C=N–C) groups is 1. The molecule has 0 saturated heterocycles. The van der Waals surface area contributed by atoms with Gasteiger partial charge in [0.2, 0.25) is 0 Å². The Hall–Kier alpha value is -1.67. The van der Waals surface area contributed by atoms with E-state index in [1.165, 1.54) is 18.0 Å². The summed E-state index contributed by atoms with van der Waals surface area (Å²) in [6.45, 7) is 5.82. The summed E-state index contributed by atoms with van der Waals surface area (Å²) in [6.07, 6.45) is 3.16. The van der Waals surface area contributed by atoms with E-state index in [4.69, 9.17) is 0 Å². The highest BCUT2D eigenvalue weighted by atomic mass is 28.3. The second-order valence-corrected chi connectivity index (χ2v) is 10.6. The van der Waals surface area contributed by atoms with Crippen LogP contribution in [0.3, 0.4) is 0 Å². The fourth-order valence-corrected chi connectivity index (χ4v) is 4.78. The van der Waals surface area contributed by atoms with Crippen molar-refractivity contribution < 1.29 is 0 Å². The first-order chi connectivity index (χ1) is 9.68. The van der Waals surface area contributed by atoms with Gasteiger partial charge in [-0.1, -0.05) is 85.0 Å². The lowest BCUT2D eigenvalue weighted by Crippen LogP contribution is -2.40. The van der Waals surface area contributed by atoms with E-state index in [-0.39, 0.29) is 0 Å². The van der Waals surface area contributed by atoms with E-state index in [1.54, 1.807) is 5.19 Å². The van der Waals surface area contributed by atoms with Gasteiger partial charge in [-0.25, -0.2) is 0 Å². The summed E-state index contributed by atoms with van der Waals surface area (Å²) in [5.74, 6) is 0. The van der Waals surface area contributed by atoms with Crippen LogP contribution in [-0.2, 0) is 0 Å². The lowest BCUT2D eigenvalue weighted by Gasteiger charge is -2.22. The highest BCUT2D eigenvalue weighted by Gasteiger charge is 2.21. The third-order valence-corrected chi connectivity index (χ3v) is 7.18. The summed E-state index contributed by atoms with van der Waals surface area (Å²) in [7, 11) is -1.28. The number of hydrogen-bond donors (Lipinski definition) is 0. The molecule has 0 heterocycles. The van der Waals surface area contributed by atoms with Crippen LogP contribution >= 0.6 is 0 Å². The van der Waals surface area contributed by atoms with E-state index in [2.05, 4.69) is 60.6 Å². The van der Waals surface area contributed by atoms with E-state index in [0.717, 1.165) is 6.54 Å². The normalized spacial score (nSPS) is 11.9. The molecule has 104 valence electrons. The Morgan fingerprint density at radius 3 is 2.15 bits per heavy atom. The first-order valence-corrected chi connectivity index (χ1v) is 10.5. The smallest absolute Gasteiger partial charge is 0.0807 e. The largest absolute Gasteiger partial charge is 0.293 e. The van der Waals surface area contributed by atoms with Crippen molar-refractivity contribution >= 4 is 19.5 Å². The third kappa shape index (κ3) is 4.46. The maximum Gasteiger partial charge on any atom is 0.0807 e. The predicted octanol–water partition coefficient (Wildman–Crippen LogP) is 4.11. The molecule has 1 nitrogen and oxygen atoms in total. The molecule has 2 aromatic rings. The molecule has 0 aliphatic carbocycles. The molecule has 20 heavy (non-hydrogen) atoms. The predicted molar refractivity (Wildman–Crippen MR) is 91.9 cm³/mol. The molecule has 0 unspecified atom stereocenters. The summed E-state index contributed by atoms with van der Waals surface area (Å²) < 4.78 is 0. The minimum Gasteiger partial charge on any atom is -0.293 e. The van der Waals surface area contributed by atoms with Gasteiger partial charge in [-0.05, 0) is 12.0 Å². The van der Waals surface area contributed by atoms with Crippen LogP contribution in [0.5, 0.6) is 0 Å². The van der Waals surface area contributed by atoms with Gasteiger partial charge in [0, 0.05) is 12.8 Å². The van der Waals surface area contributed by atoms with E-state index in [9.17, 15) is 0 Å². The lowest BCUT2D eigenvalue weighted by molar-refractivity contribution is 0.919. The molecule has 0 spiro atoms. The summed E-state index contributed by atoms with van der Waals surface area (Å²) in [4.78, 5) is 4.54. The summed E-state index contributed by atoms with van der Waals surface area (Å²) in [6, 6.07) is 22.6. The maximum absolute atomic E-state index is 4.54. The molecule has 0 radical (unpaired) electrons. The molecular formula is C18H23NSi. The molecule has 0 aliphatic heterocycles. The minimum absolute atomic E-state index is 0.929. The minimum atomic E-state index is -1.28. The van der Waals surface area contributed by atoms with Crippen LogP contribution in [0.15, 0.2) is 65.7 Å². The second-order valence-electron chi connectivity index (χ2n) is 5.80. The van der Waals surface area contributed by atoms with Crippen LogP contribution in [0.2, 0.25) is 19.1 Å². The Morgan fingerprint density at radius 1 is 0.900 bits per heavy atom. The van der Waals surface area contributed by atoms with Crippen molar-refractivity contribution in [1.29, 1.82) is 0 Å². The van der Waals surface area contributed by atoms with E-state index in [1.807, 2.05) is 24.4 Å². The topological polar surface area (TPSA) is 12.4 Å². The lowest BCUT2D eigenvalue weighted by atomic mass is 10.2. The fraction of sp³-hybridized carbons (Fsp3) is 0.278. The Balaban J connectivity index is 1.80. The SMILES string of the molecule is C[Si](C)(CCCN=Cc1ccccc1)c1ccccc1. The van der Waals surface area contributed by atoms with Crippen molar-refractivity contribution in [3.63, 3.8) is 0 Å². The van der Waals surface area contributed by atoms with Crippen LogP contribution in [0.25, 0.3) is 0 Å². The van der Waals surface area contributed by atoms with Gasteiger partial charge < -0.3 is 0 Å². The molecule has 2 rings (SSSR count). The molecule has 2 heteroatoms. The van der Waals surface area contributed by atoms with Gasteiger partial charge in [-0.2, -0.15) is 0 Å². The van der Waals surface area contributed by atoms with Gasteiger partial charge in [-0.3, -0.25) is 4.99 Å². The first-order valence-electron chi connectivity index (χ1n) is 7.29. The highest BCUT2D eigenvalue weighted by Crippen LogP contribution is 2.12. The molecule has 0 fully saturated rings. The zero-order valence-electron chi connectivity index (χ0n) is 12.4. The molecule has 0 aliphatic rings. The van der Waals surface area contributed by atoms with Crippen molar-refractivity contribution in [3.05, 3.63) is 66.2 Å². The Morgan fingerprint density at radius 2 is 1.50 bits per heavy atom. The van der Waals surface area contributed by atoms with Crippen molar-refractivity contribution in [1.82, 2.24) is 0 Å². The third-order valence-electron chi connectivity index (χ3n) is 3.68. The summed E-state index contributed by atoms with van der Waals surface area (Å²) in [5.41, 5.74) is 1.19. The van der Waals surface area contributed by atoms with Crippen LogP contribution in [0, 0.1) is 0 Å². The Labute approximate surface area is 123 Å². The quantitative estimate of drug-likeness (QED) is 0.429. The fourth-order valence-electron chi connectivity index (χ4n) is 2.36. The van der Waals surface area contributed by atoms with E-state index in [0.29, 0.717) is 0 Å². The van der Waals surface area contributed by atoms with Crippen molar-refractivity contribution in [2.45, 2.75) is 25.6 Å². The molecule has 0 bridgehead atoms. The standard InChI is InChI=1S/C18H23NSi/c1-20(2,18-12-7-4-8-13-18)15-9-14-19-16-17-10-5-3-6-11-17/h3-8,10-13,16H,9,14-15H2,1-2H3. The molecule has 0 aromatic heterocycles. The van der Waals surface area contributed by atoms with Crippen LogP contribution in [-0.4, -0.2) is 20.8 Å². The van der Waals surface area contributed by atoms with Gasteiger partial charge in [0.05, 0.1) is 8.07 Å². The monoisotopic (exact) mass is 281 g/mol. The molecule has 0 saturated carbocycles. The maximum atomic E-state index is 4.54. The highest BCUT2D eigenvalue weighted by molar-refractivity contribution is 6.89. The second kappa shape index (κ2) is 7.20. The number of rotatable bonds is 6. The van der Waals surface area contributed by atoms with Gasteiger partial charge in [0.25, 0.3) is 0 Å². The molecular weight excluding hydrogens is 258 g/mol. The van der Waals surface area contributed by atoms with Gasteiger partial charge in [0.1, 0.15) is 0 Å². The van der Waals surface area contributed by atoms with Crippen molar-refractivity contribution in [2.75, 3.05) is 6.54 Å². The Kier molecular flexibility index (Phi) is 5.30. The van der Waals surface area contributed by atoms with E-state index < -0.39 is 8.07 Å². The summed E-state index contributed by atoms with van der Waals surface area (Å²) in [5, 5.41) is 1.55. The molecule has 2 aromatic carbocycles. The number of benzene rings is 2. The van der Waals surface area contributed by atoms with E-state index >= 15 is 0 Å².